The minimum absolute atomic E-state index is 0.706. The van der Waals surface area contributed by atoms with E-state index in [-0.39, 0.29) is 0 Å². The largest absolute Gasteiger partial charge is 0.192 e. The number of hydrogen-bond acceptors (Lipinski definition) is 2. The van der Waals surface area contributed by atoms with Gasteiger partial charge in [-0.3, -0.25) is 0 Å². The van der Waals surface area contributed by atoms with Crippen molar-refractivity contribution in [3.8, 4) is 6.07 Å². The van der Waals surface area contributed by atoms with Crippen LogP contribution in [0.25, 0.3) is 10.1 Å². The van der Waals surface area contributed by atoms with E-state index >= 15 is 0 Å². The molecule has 0 spiro atoms. The van der Waals surface area contributed by atoms with Crippen molar-refractivity contribution in [3.63, 3.8) is 0 Å². The first-order chi connectivity index (χ1) is 6.76. The monoisotopic (exact) mass is 329 g/mol. The SMILES string of the molecule is N#Cc1ccc2sc(CBr)c(Br)c2c1. The first kappa shape index (κ1) is 10.2. The summed E-state index contributed by atoms with van der Waals surface area (Å²) in [5, 5.41) is 10.8. The highest BCUT2D eigenvalue weighted by Gasteiger charge is 2.08. The molecule has 2 rings (SSSR count). The van der Waals surface area contributed by atoms with Gasteiger partial charge in [0.05, 0.1) is 11.6 Å². The Kier molecular flexibility index (Phi) is 2.91. The summed E-state index contributed by atoms with van der Waals surface area (Å²) in [4.78, 5) is 1.26. The van der Waals surface area contributed by atoms with Gasteiger partial charge in [0.1, 0.15) is 0 Å². The van der Waals surface area contributed by atoms with Crippen molar-refractivity contribution in [2.24, 2.45) is 0 Å². The molecule has 0 fully saturated rings. The Morgan fingerprint density at radius 1 is 1.43 bits per heavy atom. The molecule has 14 heavy (non-hydrogen) atoms. The zero-order chi connectivity index (χ0) is 10.1. The number of nitriles is 1. The summed E-state index contributed by atoms with van der Waals surface area (Å²) in [6, 6.07) is 7.91. The minimum atomic E-state index is 0.706. The molecule has 1 nitrogen and oxygen atoms in total. The molecule has 2 aromatic rings. The van der Waals surface area contributed by atoms with Gasteiger partial charge in [-0.2, -0.15) is 5.26 Å². The number of thiophene rings is 1. The lowest BCUT2D eigenvalue weighted by molar-refractivity contribution is 1.49. The Morgan fingerprint density at radius 2 is 2.21 bits per heavy atom. The smallest absolute Gasteiger partial charge is 0.0991 e. The topological polar surface area (TPSA) is 23.8 Å². The van der Waals surface area contributed by atoms with Crippen LogP contribution in [0.1, 0.15) is 10.4 Å². The standard InChI is InChI=1S/C10H5Br2NS/c11-4-9-10(12)7-3-6(5-13)1-2-8(7)14-9/h1-3H,4H2. The lowest BCUT2D eigenvalue weighted by atomic mass is 10.2. The van der Waals surface area contributed by atoms with Crippen LogP contribution in [-0.2, 0) is 5.33 Å². The van der Waals surface area contributed by atoms with Crippen LogP contribution in [0, 0.1) is 11.3 Å². The quantitative estimate of drug-likeness (QED) is 0.709. The summed E-state index contributed by atoms with van der Waals surface area (Å²) < 4.78 is 2.32. The van der Waals surface area contributed by atoms with Gasteiger partial charge < -0.3 is 0 Å². The van der Waals surface area contributed by atoms with Crippen LogP contribution in [0.2, 0.25) is 0 Å². The molecule has 4 heteroatoms. The van der Waals surface area contributed by atoms with E-state index < -0.39 is 0 Å². The van der Waals surface area contributed by atoms with Gasteiger partial charge in [-0.05, 0) is 34.1 Å². The predicted octanol–water partition coefficient (Wildman–Crippen LogP) is 4.43. The number of hydrogen-bond donors (Lipinski definition) is 0. The van der Waals surface area contributed by atoms with E-state index in [0.717, 1.165) is 15.2 Å². The van der Waals surface area contributed by atoms with Gasteiger partial charge in [-0.15, -0.1) is 11.3 Å². The average molecular weight is 331 g/mol. The number of benzene rings is 1. The number of fused-ring (bicyclic) bond motifs is 1. The minimum Gasteiger partial charge on any atom is -0.192 e. The summed E-state index contributed by atoms with van der Waals surface area (Å²) in [6.45, 7) is 0. The van der Waals surface area contributed by atoms with Crippen molar-refractivity contribution < 1.29 is 0 Å². The molecule has 0 saturated carbocycles. The molecule has 0 atom stereocenters. The molecular formula is C10H5Br2NS. The van der Waals surface area contributed by atoms with Gasteiger partial charge >= 0.3 is 0 Å². The Labute approximate surface area is 103 Å². The molecule has 0 N–H and O–H groups in total. The average Bonchev–Trinajstić information content (AvgIpc) is 2.55. The van der Waals surface area contributed by atoms with Crippen LogP contribution < -0.4 is 0 Å². The van der Waals surface area contributed by atoms with Crippen molar-refractivity contribution >= 4 is 53.3 Å². The zero-order valence-corrected chi connectivity index (χ0v) is 11.0. The maximum Gasteiger partial charge on any atom is 0.0991 e. The fraction of sp³-hybridized carbons (Fsp3) is 0.100. The van der Waals surface area contributed by atoms with Crippen LogP contribution >= 0.6 is 43.2 Å². The second-order valence-corrected chi connectivity index (χ2v) is 5.29. The summed E-state index contributed by atoms with van der Waals surface area (Å²) in [5.41, 5.74) is 0.706. The highest BCUT2D eigenvalue weighted by atomic mass is 79.9. The van der Waals surface area contributed by atoms with Crippen molar-refractivity contribution in [1.82, 2.24) is 0 Å². The Morgan fingerprint density at radius 3 is 2.86 bits per heavy atom. The fourth-order valence-electron chi connectivity index (χ4n) is 1.27. The van der Waals surface area contributed by atoms with Crippen LogP contribution in [-0.4, -0.2) is 0 Å². The van der Waals surface area contributed by atoms with Gasteiger partial charge in [0.15, 0.2) is 0 Å². The van der Waals surface area contributed by atoms with E-state index in [1.807, 2.05) is 18.2 Å². The highest BCUT2D eigenvalue weighted by Crippen LogP contribution is 2.37. The third kappa shape index (κ3) is 1.60. The second-order valence-electron chi connectivity index (χ2n) is 2.80. The lowest BCUT2D eigenvalue weighted by Gasteiger charge is -1.91. The van der Waals surface area contributed by atoms with Gasteiger partial charge in [-0.1, -0.05) is 15.9 Å². The van der Waals surface area contributed by atoms with E-state index in [2.05, 4.69) is 37.9 Å². The second kappa shape index (κ2) is 4.01. The normalized spacial score (nSPS) is 10.4. The Balaban J connectivity index is 2.75. The molecule has 0 amide bonds. The summed E-state index contributed by atoms with van der Waals surface area (Å²) in [7, 11) is 0. The predicted molar refractivity (Wildman–Crippen MR) is 66.9 cm³/mol. The highest BCUT2D eigenvalue weighted by molar-refractivity contribution is 9.11. The molecule has 0 unspecified atom stereocenters. The van der Waals surface area contributed by atoms with Crippen molar-refractivity contribution in [3.05, 3.63) is 33.1 Å². The van der Waals surface area contributed by atoms with Crippen molar-refractivity contribution in [2.75, 3.05) is 0 Å². The third-order valence-electron chi connectivity index (χ3n) is 1.94. The molecule has 0 aliphatic heterocycles. The van der Waals surface area contributed by atoms with Crippen molar-refractivity contribution in [2.45, 2.75) is 5.33 Å². The number of nitrogens with zero attached hydrogens (tertiary/aromatic N) is 1. The molecule has 0 radical (unpaired) electrons. The summed E-state index contributed by atoms with van der Waals surface area (Å²) in [5.74, 6) is 0. The van der Waals surface area contributed by atoms with Gasteiger partial charge in [0.2, 0.25) is 0 Å². The van der Waals surface area contributed by atoms with Crippen LogP contribution in [0.4, 0.5) is 0 Å². The van der Waals surface area contributed by atoms with Gasteiger partial charge in [0.25, 0.3) is 0 Å². The van der Waals surface area contributed by atoms with Crippen LogP contribution in [0.3, 0.4) is 0 Å². The molecule has 1 heterocycles. The molecule has 70 valence electrons. The first-order valence-corrected chi connectivity index (χ1v) is 6.66. The number of alkyl halides is 1. The molecule has 0 aliphatic carbocycles. The Bertz CT molecular complexity index is 525. The van der Waals surface area contributed by atoms with E-state index in [0.29, 0.717) is 5.56 Å². The molecule has 1 aromatic heterocycles. The maximum absolute atomic E-state index is 8.78. The number of rotatable bonds is 1. The molecular weight excluding hydrogens is 326 g/mol. The van der Waals surface area contributed by atoms with Gasteiger partial charge in [0, 0.05) is 24.8 Å². The molecule has 0 aliphatic rings. The third-order valence-corrected chi connectivity index (χ3v) is 5.22. The molecule has 0 saturated heterocycles. The lowest BCUT2D eigenvalue weighted by Crippen LogP contribution is -1.72. The number of halogens is 2. The van der Waals surface area contributed by atoms with E-state index in [1.165, 1.54) is 9.58 Å². The summed E-state index contributed by atoms with van der Waals surface area (Å²) in [6.07, 6.45) is 0. The summed E-state index contributed by atoms with van der Waals surface area (Å²) >= 11 is 8.72. The van der Waals surface area contributed by atoms with Crippen LogP contribution in [0.5, 0.6) is 0 Å². The van der Waals surface area contributed by atoms with E-state index in [4.69, 9.17) is 5.26 Å². The van der Waals surface area contributed by atoms with Gasteiger partial charge in [-0.25, -0.2) is 0 Å². The Hall–Kier alpha value is -0.370. The molecule has 1 aromatic carbocycles. The zero-order valence-electron chi connectivity index (χ0n) is 7.05. The van der Waals surface area contributed by atoms with Crippen molar-refractivity contribution in [1.29, 1.82) is 5.26 Å². The maximum atomic E-state index is 8.78. The first-order valence-electron chi connectivity index (χ1n) is 3.93. The van der Waals surface area contributed by atoms with E-state index in [9.17, 15) is 0 Å². The van der Waals surface area contributed by atoms with E-state index in [1.54, 1.807) is 11.3 Å². The van der Waals surface area contributed by atoms with Crippen LogP contribution in [0.15, 0.2) is 22.7 Å². The fourth-order valence-corrected chi connectivity index (χ4v) is 4.04. The molecule has 0 bridgehead atoms.